The van der Waals surface area contributed by atoms with Crippen LogP contribution in [0.25, 0.3) is 0 Å². The summed E-state index contributed by atoms with van der Waals surface area (Å²) < 4.78 is 14.5. The Morgan fingerprint density at radius 1 is 1.22 bits per heavy atom. The zero-order valence-electron chi connectivity index (χ0n) is 15.0. The Labute approximate surface area is 157 Å². The summed E-state index contributed by atoms with van der Waals surface area (Å²) in [6, 6.07) is 11.4. The number of carbonyl (C=O) groups excluding carboxylic acids is 2. The van der Waals surface area contributed by atoms with Crippen LogP contribution in [-0.2, 0) is 16.0 Å². The van der Waals surface area contributed by atoms with E-state index in [-0.39, 0.29) is 42.2 Å². The predicted molar refractivity (Wildman–Crippen MR) is 98.1 cm³/mol. The van der Waals surface area contributed by atoms with Crippen LogP contribution in [0.4, 0.5) is 4.39 Å². The second-order valence-corrected chi connectivity index (χ2v) is 7.21. The molecule has 0 radical (unpaired) electrons. The summed E-state index contributed by atoms with van der Waals surface area (Å²) in [7, 11) is 0. The van der Waals surface area contributed by atoms with Gasteiger partial charge in [0.25, 0.3) is 0 Å². The van der Waals surface area contributed by atoms with Crippen LogP contribution >= 0.6 is 0 Å². The normalized spacial score (nSPS) is 24.9. The third-order valence-electron chi connectivity index (χ3n) is 5.50. The number of nitrogens with zero attached hydrogens (tertiary/aromatic N) is 2. The molecule has 3 atom stereocenters. The Morgan fingerprint density at radius 3 is 2.81 bits per heavy atom. The molecule has 2 aromatic rings. The van der Waals surface area contributed by atoms with Crippen LogP contribution in [0.1, 0.15) is 43.0 Å². The molecule has 0 aliphatic carbocycles. The highest BCUT2D eigenvalue weighted by molar-refractivity contribution is 5.81. The van der Waals surface area contributed by atoms with E-state index in [1.165, 1.54) is 6.07 Å². The number of hydrogen-bond acceptors (Lipinski definition) is 3. The number of halogens is 1. The van der Waals surface area contributed by atoms with Gasteiger partial charge in [0.2, 0.25) is 11.8 Å². The average Bonchev–Trinajstić information content (AvgIpc) is 2.90. The van der Waals surface area contributed by atoms with Crippen molar-refractivity contribution in [2.45, 2.75) is 50.2 Å². The number of carbonyl (C=O) groups is 2. The Bertz CT molecular complexity index is 842. The van der Waals surface area contributed by atoms with Gasteiger partial charge in [-0.3, -0.25) is 14.6 Å². The van der Waals surface area contributed by atoms with Gasteiger partial charge in [0, 0.05) is 23.9 Å². The Hall–Kier alpha value is -2.76. The highest BCUT2D eigenvalue weighted by atomic mass is 19.1. The first-order valence-corrected chi connectivity index (χ1v) is 9.38. The van der Waals surface area contributed by atoms with Crippen molar-refractivity contribution >= 4 is 11.8 Å². The summed E-state index contributed by atoms with van der Waals surface area (Å²) in [4.78, 5) is 31.3. The summed E-state index contributed by atoms with van der Waals surface area (Å²) in [5.74, 6) is -0.389. The number of amides is 2. The molecule has 0 bridgehead atoms. The first kappa shape index (κ1) is 17.6. The molecule has 2 fully saturated rings. The fraction of sp³-hybridized carbons (Fsp3) is 0.381. The standard InChI is InChI=1S/C21H22FN3O2/c22-16-8-2-1-7-15(16)19-13-17-18(9-5-10-20(26)24-17)25(19)21(27)12-14-6-3-4-11-23-14/h1-4,6-8,11,17-19H,5,9-10,12-13H2,(H,24,26)/t17-,18+,19+/m1/s1. The van der Waals surface area contributed by atoms with Gasteiger partial charge >= 0.3 is 0 Å². The van der Waals surface area contributed by atoms with Crippen LogP contribution in [0, 0.1) is 5.82 Å². The van der Waals surface area contributed by atoms with Crippen molar-refractivity contribution in [1.29, 1.82) is 0 Å². The molecule has 2 saturated heterocycles. The lowest BCUT2D eigenvalue weighted by atomic mass is 10.0. The molecule has 1 aromatic carbocycles. The van der Waals surface area contributed by atoms with Crippen molar-refractivity contribution in [2.75, 3.05) is 0 Å². The van der Waals surface area contributed by atoms with Gasteiger partial charge in [-0.25, -0.2) is 4.39 Å². The van der Waals surface area contributed by atoms with E-state index in [1.54, 1.807) is 29.3 Å². The smallest absolute Gasteiger partial charge is 0.229 e. The van der Waals surface area contributed by atoms with Crippen molar-refractivity contribution < 1.29 is 14.0 Å². The minimum absolute atomic E-state index is 0.00816. The van der Waals surface area contributed by atoms with Gasteiger partial charge < -0.3 is 10.2 Å². The van der Waals surface area contributed by atoms with Crippen LogP contribution in [0.15, 0.2) is 48.7 Å². The monoisotopic (exact) mass is 367 g/mol. The molecule has 0 spiro atoms. The van der Waals surface area contributed by atoms with E-state index in [0.717, 1.165) is 12.8 Å². The fourth-order valence-corrected chi connectivity index (χ4v) is 4.31. The van der Waals surface area contributed by atoms with Gasteiger partial charge in [0.1, 0.15) is 5.82 Å². The molecule has 6 heteroatoms. The second-order valence-electron chi connectivity index (χ2n) is 7.21. The third-order valence-corrected chi connectivity index (χ3v) is 5.50. The first-order chi connectivity index (χ1) is 13.1. The highest BCUT2D eigenvalue weighted by Gasteiger charge is 2.46. The molecule has 1 aromatic heterocycles. The molecule has 0 unspecified atom stereocenters. The molecule has 2 aliphatic rings. The van der Waals surface area contributed by atoms with Crippen molar-refractivity contribution in [3.05, 3.63) is 65.7 Å². The maximum atomic E-state index is 14.5. The van der Waals surface area contributed by atoms with E-state index >= 15 is 0 Å². The number of aromatic nitrogens is 1. The zero-order valence-corrected chi connectivity index (χ0v) is 15.0. The summed E-state index contributed by atoms with van der Waals surface area (Å²) in [6.45, 7) is 0. The molecule has 5 nitrogen and oxygen atoms in total. The molecule has 0 saturated carbocycles. The van der Waals surface area contributed by atoms with E-state index in [4.69, 9.17) is 0 Å². The summed E-state index contributed by atoms with van der Waals surface area (Å²) in [5.41, 5.74) is 1.20. The number of hydrogen-bond donors (Lipinski definition) is 1. The lowest BCUT2D eigenvalue weighted by Gasteiger charge is -2.31. The van der Waals surface area contributed by atoms with E-state index in [2.05, 4.69) is 10.3 Å². The van der Waals surface area contributed by atoms with Crippen LogP contribution in [0.3, 0.4) is 0 Å². The van der Waals surface area contributed by atoms with Crippen LogP contribution in [0.5, 0.6) is 0 Å². The Morgan fingerprint density at radius 2 is 2.04 bits per heavy atom. The lowest BCUT2D eigenvalue weighted by molar-refractivity contribution is -0.134. The maximum Gasteiger partial charge on any atom is 0.229 e. The van der Waals surface area contributed by atoms with Crippen molar-refractivity contribution in [3.8, 4) is 0 Å². The molecule has 4 rings (SSSR count). The number of fused-ring (bicyclic) bond motifs is 1. The SMILES string of the molecule is O=C1CCC[C@H]2[C@@H](C[C@@H](c3ccccc3F)N2C(=O)Cc2ccccn2)N1. The van der Waals surface area contributed by atoms with Gasteiger partial charge in [0.05, 0.1) is 24.5 Å². The van der Waals surface area contributed by atoms with Crippen molar-refractivity contribution in [1.82, 2.24) is 15.2 Å². The Kier molecular flexibility index (Phi) is 4.88. The molecule has 140 valence electrons. The van der Waals surface area contributed by atoms with Crippen LogP contribution in [0.2, 0.25) is 0 Å². The molecule has 1 N–H and O–H groups in total. The fourth-order valence-electron chi connectivity index (χ4n) is 4.31. The largest absolute Gasteiger partial charge is 0.351 e. The molecule has 3 heterocycles. The minimum Gasteiger partial charge on any atom is -0.351 e. The maximum absolute atomic E-state index is 14.5. The van der Waals surface area contributed by atoms with E-state index in [0.29, 0.717) is 24.1 Å². The molecule has 2 aliphatic heterocycles. The predicted octanol–water partition coefficient (Wildman–Crippen LogP) is 2.77. The molecular formula is C21H22FN3O2. The summed E-state index contributed by atoms with van der Waals surface area (Å²) in [5, 5.41) is 3.04. The first-order valence-electron chi connectivity index (χ1n) is 9.38. The van der Waals surface area contributed by atoms with Crippen LogP contribution in [-0.4, -0.2) is 33.8 Å². The van der Waals surface area contributed by atoms with Gasteiger partial charge in [-0.2, -0.15) is 0 Å². The van der Waals surface area contributed by atoms with Crippen molar-refractivity contribution in [3.63, 3.8) is 0 Å². The Balaban J connectivity index is 1.67. The van der Waals surface area contributed by atoms with Gasteiger partial charge in [-0.15, -0.1) is 0 Å². The number of benzene rings is 1. The van der Waals surface area contributed by atoms with Gasteiger partial charge in [0.15, 0.2) is 0 Å². The quantitative estimate of drug-likeness (QED) is 0.907. The van der Waals surface area contributed by atoms with E-state index in [1.807, 2.05) is 18.2 Å². The topological polar surface area (TPSA) is 62.3 Å². The molecule has 27 heavy (non-hydrogen) atoms. The van der Waals surface area contributed by atoms with Crippen molar-refractivity contribution in [2.24, 2.45) is 0 Å². The molecule has 2 amide bonds. The van der Waals surface area contributed by atoms with Gasteiger partial charge in [-0.05, 0) is 37.5 Å². The highest BCUT2D eigenvalue weighted by Crippen LogP contribution is 2.40. The number of rotatable bonds is 3. The van der Waals surface area contributed by atoms with E-state index in [9.17, 15) is 14.0 Å². The zero-order chi connectivity index (χ0) is 18.8. The summed E-state index contributed by atoms with van der Waals surface area (Å²) >= 11 is 0. The average molecular weight is 367 g/mol. The number of likely N-dealkylation sites (tertiary alicyclic amines) is 1. The lowest BCUT2D eigenvalue weighted by Crippen LogP contribution is -2.45. The second kappa shape index (κ2) is 7.47. The number of pyridine rings is 1. The molecular weight excluding hydrogens is 345 g/mol. The third kappa shape index (κ3) is 3.56. The van der Waals surface area contributed by atoms with E-state index < -0.39 is 0 Å². The summed E-state index contributed by atoms with van der Waals surface area (Å²) in [6.07, 6.45) is 4.30. The van der Waals surface area contributed by atoms with Gasteiger partial charge in [-0.1, -0.05) is 24.3 Å². The van der Waals surface area contributed by atoms with Crippen LogP contribution < -0.4 is 5.32 Å². The number of nitrogens with one attached hydrogen (secondary N) is 1. The minimum atomic E-state index is -0.379.